The molecule has 0 saturated carbocycles. The first-order chi connectivity index (χ1) is 13.5. The summed E-state index contributed by atoms with van der Waals surface area (Å²) in [7, 11) is 1.37. The molecule has 2 amide bonds. The van der Waals surface area contributed by atoms with Crippen molar-refractivity contribution in [3.05, 3.63) is 53.6 Å². The van der Waals surface area contributed by atoms with Gasteiger partial charge in [0, 0.05) is 18.7 Å². The Morgan fingerprint density at radius 2 is 2.04 bits per heavy atom. The first-order valence-electron chi connectivity index (χ1n) is 8.76. The third kappa shape index (κ3) is 4.57. The highest BCUT2D eigenvalue weighted by atomic mass is 19.3. The van der Waals surface area contributed by atoms with Crippen molar-refractivity contribution in [2.24, 2.45) is 0 Å². The Hall–Kier alpha value is -3.16. The van der Waals surface area contributed by atoms with Crippen molar-refractivity contribution >= 4 is 17.5 Å². The van der Waals surface area contributed by atoms with E-state index in [9.17, 15) is 18.4 Å². The zero-order valence-electron chi connectivity index (χ0n) is 15.2. The van der Waals surface area contributed by atoms with Crippen molar-refractivity contribution in [3.63, 3.8) is 0 Å². The standard InChI is InChI=1S/C20H20F2N2O4/c1-27-16-7-6-12(10-17(16)28-20(21)22)8-9-23-19(26)14-11-18(25)24-15-5-3-2-4-13(14)15/h2-7,10,14,20H,8-9,11H2,1H3,(H,23,26)(H,24,25)/t14-/m1/s1. The van der Waals surface area contributed by atoms with E-state index in [-0.39, 0.29) is 29.7 Å². The molecule has 6 nitrogen and oxygen atoms in total. The molecule has 1 heterocycles. The number of carbonyl (C=O) groups excluding carboxylic acids is 2. The lowest BCUT2D eigenvalue weighted by Crippen LogP contribution is -2.35. The van der Waals surface area contributed by atoms with Crippen LogP contribution in [0, 0.1) is 0 Å². The number of benzene rings is 2. The number of methoxy groups -OCH3 is 1. The van der Waals surface area contributed by atoms with Gasteiger partial charge in [-0.15, -0.1) is 0 Å². The third-order valence-corrected chi connectivity index (χ3v) is 4.47. The van der Waals surface area contributed by atoms with E-state index in [0.717, 1.165) is 5.56 Å². The zero-order valence-corrected chi connectivity index (χ0v) is 15.2. The second kappa shape index (κ2) is 8.69. The van der Waals surface area contributed by atoms with Gasteiger partial charge in [0.1, 0.15) is 0 Å². The molecule has 0 fully saturated rings. The van der Waals surface area contributed by atoms with E-state index in [0.29, 0.717) is 24.2 Å². The molecule has 0 aromatic heterocycles. The van der Waals surface area contributed by atoms with Crippen LogP contribution in [-0.4, -0.2) is 32.1 Å². The van der Waals surface area contributed by atoms with Gasteiger partial charge in [0.05, 0.1) is 13.0 Å². The molecule has 0 bridgehead atoms. The predicted octanol–water partition coefficient (Wildman–Crippen LogP) is 3.08. The fourth-order valence-corrected chi connectivity index (χ4v) is 3.16. The minimum atomic E-state index is -2.96. The third-order valence-electron chi connectivity index (χ3n) is 4.47. The molecular formula is C20H20F2N2O4. The highest BCUT2D eigenvalue weighted by Gasteiger charge is 2.30. The smallest absolute Gasteiger partial charge is 0.387 e. The maximum Gasteiger partial charge on any atom is 0.387 e. The summed E-state index contributed by atoms with van der Waals surface area (Å²) in [4.78, 5) is 24.4. The molecule has 28 heavy (non-hydrogen) atoms. The van der Waals surface area contributed by atoms with Crippen LogP contribution < -0.4 is 20.1 Å². The summed E-state index contributed by atoms with van der Waals surface area (Å²) >= 11 is 0. The number of halogens is 2. The second-order valence-corrected chi connectivity index (χ2v) is 6.30. The van der Waals surface area contributed by atoms with Crippen molar-refractivity contribution in [1.82, 2.24) is 5.32 Å². The molecule has 1 aliphatic rings. The van der Waals surface area contributed by atoms with Crippen molar-refractivity contribution in [2.45, 2.75) is 25.4 Å². The number of nitrogens with one attached hydrogen (secondary N) is 2. The maximum absolute atomic E-state index is 12.6. The van der Waals surface area contributed by atoms with Crippen LogP contribution in [-0.2, 0) is 16.0 Å². The summed E-state index contributed by atoms with van der Waals surface area (Å²) in [5.41, 5.74) is 2.12. The topological polar surface area (TPSA) is 76.7 Å². The molecule has 0 radical (unpaired) electrons. The minimum Gasteiger partial charge on any atom is -0.493 e. The Balaban J connectivity index is 1.62. The van der Waals surface area contributed by atoms with E-state index >= 15 is 0 Å². The van der Waals surface area contributed by atoms with Gasteiger partial charge in [-0.05, 0) is 35.7 Å². The summed E-state index contributed by atoms with van der Waals surface area (Å²) in [6.45, 7) is -2.67. The van der Waals surface area contributed by atoms with Crippen LogP contribution in [0.15, 0.2) is 42.5 Å². The Bertz CT molecular complexity index is 873. The number of hydrogen-bond donors (Lipinski definition) is 2. The lowest BCUT2D eigenvalue weighted by atomic mass is 9.90. The highest BCUT2D eigenvalue weighted by molar-refractivity contribution is 6.01. The lowest BCUT2D eigenvalue weighted by molar-refractivity contribution is -0.126. The van der Waals surface area contributed by atoms with Gasteiger partial charge in [-0.3, -0.25) is 9.59 Å². The van der Waals surface area contributed by atoms with Crippen LogP contribution in [0.3, 0.4) is 0 Å². The number of ether oxygens (including phenoxy) is 2. The highest BCUT2D eigenvalue weighted by Crippen LogP contribution is 2.32. The quantitative estimate of drug-likeness (QED) is 0.762. The van der Waals surface area contributed by atoms with Crippen LogP contribution >= 0.6 is 0 Å². The summed E-state index contributed by atoms with van der Waals surface area (Å²) in [5, 5.41) is 5.57. The molecule has 2 aromatic rings. The molecule has 0 spiro atoms. The van der Waals surface area contributed by atoms with Gasteiger partial charge < -0.3 is 20.1 Å². The van der Waals surface area contributed by atoms with Crippen LogP contribution in [0.2, 0.25) is 0 Å². The molecule has 0 aliphatic carbocycles. The number of fused-ring (bicyclic) bond motifs is 1. The molecule has 1 aliphatic heterocycles. The monoisotopic (exact) mass is 390 g/mol. The van der Waals surface area contributed by atoms with Gasteiger partial charge in [-0.25, -0.2) is 0 Å². The molecular weight excluding hydrogens is 370 g/mol. The van der Waals surface area contributed by atoms with Crippen molar-refractivity contribution in [3.8, 4) is 11.5 Å². The van der Waals surface area contributed by atoms with Gasteiger partial charge in [0.25, 0.3) is 0 Å². The molecule has 0 saturated heterocycles. The van der Waals surface area contributed by atoms with E-state index in [4.69, 9.17) is 4.74 Å². The molecule has 148 valence electrons. The largest absolute Gasteiger partial charge is 0.493 e. The molecule has 3 rings (SSSR count). The number of anilines is 1. The molecule has 2 N–H and O–H groups in total. The Kier molecular flexibility index (Phi) is 6.08. The van der Waals surface area contributed by atoms with E-state index in [1.807, 2.05) is 12.1 Å². The lowest BCUT2D eigenvalue weighted by Gasteiger charge is -2.24. The maximum atomic E-state index is 12.6. The Morgan fingerprint density at radius 1 is 1.25 bits per heavy atom. The van der Waals surface area contributed by atoms with Crippen LogP contribution in [0.1, 0.15) is 23.5 Å². The summed E-state index contributed by atoms with van der Waals surface area (Å²) in [5.74, 6) is -0.863. The van der Waals surface area contributed by atoms with Gasteiger partial charge in [0.15, 0.2) is 11.5 Å². The number of alkyl halides is 2. The Morgan fingerprint density at radius 3 is 2.79 bits per heavy atom. The second-order valence-electron chi connectivity index (χ2n) is 6.30. The predicted molar refractivity (Wildman–Crippen MR) is 98.8 cm³/mol. The van der Waals surface area contributed by atoms with Crippen molar-refractivity contribution in [1.29, 1.82) is 0 Å². The van der Waals surface area contributed by atoms with Gasteiger partial charge in [0.2, 0.25) is 11.8 Å². The van der Waals surface area contributed by atoms with Crippen molar-refractivity contribution < 1.29 is 27.8 Å². The van der Waals surface area contributed by atoms with Gasteiger partial charge in [-0.1, -0.05) is 24.3 Å². The Labute approximate surface area is 160 Å². The summed E-state index contributed by atoms with van der Waals surface area (Å²) in [6.07, 6.45) is 0.494. The SMILES string of the molecule is COc1ccc(CCNC(=O)[C@@H]2CC(=O)Nc3ccccc32)cc1OC(F)F. The molecule has 1 atom stereocenters. The van der Waals surface area contributed by atoms with Crippen LogP contribution in [0.5, 0.6) is 11.5 Å². The van der Waals surface area contributed by atoms with Crippen molar-refractivity contribution in [2.75, 3.05) is 19.0 Å². The number of para-hydroxylation sites is 1. The summed E-state index contributed by atoms with van der Waals surface area (Å²) in [6, 6.07) is 11.9. The average molecular weight is 390 g/mol. The van der Waals surface area contributed by atoms with E-state index in [1.54, 1.807) is 18.2 Å². The first kappa shape index (κ1) is 19.6. The number of amides is 2. The molecule has 0 unspecified atom stereocenters. The zero-order chi connectivity index (χ0) is 20.1. The molecule has 8 heteroatoms. The number of rotatable bonds is 7. The minimum absolute atomic E-state index is 0.0563. The van der Waals surface area contributed by atoms with Gasteiger partial charge >= 0.3 is 6.61 Å². The molecule has 2 aromatic carbocycles. The fourth-order valence-electron chi connectivity index (χ4n) is 3.16. The van der Waals surface area contributed by atoms with Crippen LogP contribution in [0.4, 0.5) is 14.5 Å². The van der Waals surface area contributed by atoms with Gasteiger partial charge in [-0.2, -0.15) is 8.78 Å². The number of hydrogen-bond acceptors (Lipinski definition) is 4. The van der Waals surface area contributed by atoms with Crippen LogP contribution in [0.25, 0.3) is 0 Å². The summed E-state index contributed by atoms with van der Waals surface area (Å²) < 4.78 is 34.5. The fraction of sp³-hybridized carbons (Fsp3) is 0.300. The van der Waals surface area contributed by atoms with E-state index < -0.39 is 12.5 Å². The van der Waals surface area contributed by atoms with E-state index in [2.05, 4.69) is 15.4 Å². The average Bonchev–Trinajstić information content (AvgIpc) is 2.67. The van der Waals surface area contributed by atoms with E-state index in [1.165, 1.54) is 19.2 Å². The number of carbonyl (C=O) groups is 2. The first-order valence-corrected chi connectivity index (χ1v) is 8.76. The normalized spacial score (nSPS) is 15.6.